The zero-order valence-corrected chi connectivity index (χ0v) is 10.00. The van der Waals surface area contributed by atoms with Crippen LogP contribution in [0.2, 0.25) is 0 Å². The van der Waals surface area contributed by atoms with Gasteiger partial charge < -0.3 is 15.4 Å². The van der Waals surface area contributed by atoms with Crippen LogP contribution in [0.5, 0.6) is 0 Å². The molecule has 1 aromatic rings. The van der Waals surface area contributed by atoms with Gasteiger partial charge in [0, 0.05) is 12.2 Å². The van der Waals surface area contributed by atoms with Gasteiger partial charge in [-0.3, -0.25) is 4.79 Å². The van der Waals surface area contributed by atoms with E-state index in [0.717, 1.165) is 0 Å². The minimum Gasteiger partial charge on any atom is -0.367 e. The minimum absolute atomic E-state index is 0.0137. The lowest BCUT2D eigenvalue weighted by Gasteiger charge is -2.12. The predicted molar refractivity (Wildman–Crippen MR) is 64.4 cm³/mol. The van der Waals surface area contributed by atoms with Gasteiger partial charge in [-0.1, -0.05) is 0 Å². The molecular weight excluding hydrogens is 223 g/mol. The van der Waals surface area contributed by atoms with Crippen LogP contribution in [0.1, 0.15) is 6.92 Å². The van der Waals surface area contributed by atoms with Gasteiger partial charge >= 0.3 is 0 Å². The predicted octanol–water partition coefficient (Wildman–Crippen LogP) is 1.39. The van der Waals surface area contributed by atoms with E-state index in [0.29, 0.717) is 12.2 Å². The molecule has 0 heterocycles. The molecule has 17 heavy (non-hydrogen) atoms. The van der Waals surface area contributed by atoms with Crippen molar-refractivity contribution in [3.8, 4) is 0 Å². The fourth-order valence-electron chi connectivity index (χ4n) is 1.29. The molecule has 0 spiro atoms. The second-order valence-corrected chi connectivity index (χ2v) is 3.73. The highest BCUT2D eigenvalue weighted by atomic mass is 19.1. The van der Waals surface area contributed by atoms with Crippen molar-refractivity contribution in [3.63, 3.8) is 0 Å². The van der Waals surface area contributed by atoms with Crippen molar-refractivity contribution in [2.75, 3.05) is 25.5 Å². The summed E-state index contributed by atoms with van der Waals surface area (Å²) >= 11 is 0. The minimum atomic E-state index is -0.332. The third-order valence-corrected chi connectivity index (χ3v) is 2.12. The van der Waals surface area contributed by atoms with Crippen molar-refractivity contribution in [2.24, 2.45) is 0 Å². The van der Waals surface area contributed by atoms with E-state index >= 15 is 0 Å². The van der Waals surface area contributed by atoms with E-state index in [-0.39, 0.29) is 24.4 Å². The Bertz CT molecular complexity index is 354. The van der Waals surface area contributed by atoms with Crippen molar-refractivity contribution in [1.29, 1.82) is 0 Å². The third kappa shape index (κ3) is 5.42. The first kappa shape index (κ1) is 13.6. The van der Waals surface area contributed by atoms with Gasteiger partial charge in [0.05, 0.1) is 6.10 Å². The second-order valence-electron chi connectivity index (χ2n) is 3.73. The standard InChI is InChI=1S/C12H17FN2O2/c1-9(7-14-2)17-8-12(16)15-11-5-3-10(13)4-6-11/h3-6,9,14H,7-8H2,1-2H3,(H,15,16). The number of benzene rings is 1. The van der Waals surface area contributed by atoms with Gasteiger partial charge in [-0.15, -0.1) is 0 Å². The molecule has 0 aliphatic carbocycles. The number of likely N-dealkylation sites (N-methyl/N-ethyl adjacent to an activating group) is 1. The molecule has 1 rings (SSSR count). The van der Waals surface area contributed by atoms with E-state index in [1.165, 1.54) is 24.3 Å². The molecule has 2 N–H and O–H groups in total. The van der Waals surface area contributed by atoms with Crippen LogP contribution in [0.4, 0.5) is 10.1 Å². The fraction of sp³-hybridized carbons (Fsp3) is 0.417. The van der Waals surface area contributed by atoms with Crippen molar-refractivity contribution in [3.05, 3.63) is 30.1 Å². The van der Waals surface area contributed by atoms with Crippen LogP contribution < -0.4 is 10.6 Å². The van der Waals surface area contributed by atoms with Crippen LogP contribution in [0.3, 0.4) is 0 Å². The summed E-state index contributed by atoms with van der Waals surface area (Å²) in [6.07, 6.45) is -0.0287. The molecule has 0 saturated carbocycles. The van der Waals surface area contributed by atoms with Gasteiger partial charge in [0.15, 0.2) is 0 Å². The molecule has 0 aliphatic rings. The summed E-state index contributed by atoms with van der Waals surface area (Å²) < 4.78 is 17.9. The van der Waals surface area contributed by atoms with Gasteiger partial charge in [-0.2, -0.15) is 0 Å². The number of amides is 1. The Morgan fingerprint density at radius 1 is 1.41 bits per heavy atom. The number of halogens is 1. The molecule has 4 nitrogen and oxygen atoms in total. The SMILES string of the molecule is CNCC(C)OCC(=O)Nc1ccc(F)cc1. The molecule has 1 amide bonds. The Morgan fingerprint density at radius 2 is 2.06 bits per heavy atom. The number of hydrogen-bond acceptors (Lipinski definition) is 3. The van der Waals surface area contributed by atoms with Gasteiger partial charge in [0.1, 0.15) is 12.4 Å². The van der Waals surface area contributed by atoms with Gasteiger partial charge in [0.2, 0.25) is 5.91 Å². The van der Waals surface area contributed by atoms with Gasteiger partial charge in [0.25, 0.3) is 0 Å². The molecular formula is C12H17FN2O2. The number of hydrogen-bond donors (Lipinski definition) is 2. The molecule has 5 heteroatoms. The Kier molecular flexibility index (Phi) is 5.59. The summed E-state index contributed by atoms with van der Waals surface area (Å²) in [5, 5.41) is 5.56. The first-order chi connectivity index (χ1) is 8.11. The van der Waals surface area contributed by atoms with E-state index < -0.39 is 0 Å². The highest BCUT2D eigenvalue weighted by Crippen LogP contribution is 2.07. The quantitative estimate of drug-likeness (QED) is 0.790. The van der Waals surface area contributed by atoms with Crippen LogP contribution in [0.15, 0.2) is 24.3 Å². The molecule has 0 radical (unpaired) electrons. The summed E-state index contributed by atoms with van der Waals surface area (Å²) in [5.74, 6) is -0.582. The lowest BCUT2D eigenvalue weighted by Crippen LogP contribution is -2.28. The van der Waals surface area contributed by atoms with Crippen molar-refractivity contribution >= 4 is 11.6 Å². The molecule has 1 atom stereocenters. The lowest BCUT2D eigenvalue weighted by atomic mass is 10.3. The average Bonchev–Trinajstić information content (AvgIpc) is 2.30. The lowest BCUT2D eigenvalue weighted by molar-refractivity contribution is -0.122. The summed E-state index contributed by atoms with van der Waals surface area (Å²) in [6, 6.07) is 5.59. The van der Waals surface area contributed by atoms with E-state index in [9.17, 15) is 9.18 Å². The van der Waals surface area contributed by atoms with Crippen molar-refractivity contribution in [1.82, 2.24) is 5.32 Å². The molecule has 0 saturated heterocycles. The van der Waals surface area contributed by atoms with Gasteiger partial charge in [-0.25, -0.2) is 4.39 Å². The first-order valence-corrected chi connectivity index (χ1v) is 5.43. The molecule has 0 bridgehead atoms. The molecule has 0 fully saturated rings. The second kappa shape index (κ2) is 6.98. The average molecular weight is 240 g/mol. The highest BCUT2D eigenvalue weighted by Gasteiger charge is 2.06. The number of nitrogens with one attached hydrogen (secondary N) is 2. The molecule has 1 aromatic carbocycles. The van der Waals surface area contributed by atoms with E-state index in [1.807, 2.05) is 14.0 Å². The Morgan fingerprint density at radius 3 is 2.65 bits per heavy atom. The Balaban J connectivity index is 2.32. The zero-order valence-electron chi connectivity index (χ0n) is 10.00. The summed E-state index contributed by atoms with van der Waals surface area (Å²) in [4.78, 5) is 11.5. The maximum Gasteiger partial charge on any atom is 0.250 e. The number of rotatable bonds is 6. The first-order valence-electron chi connectivity index (χ1n) is 5.43. The Hall–Kier alpha value is -1.46. The van der Waals surface area contributed by atoms with E-state index in [2.05, 4.69) is 10.6 Å². The fourth-order valence-corrected chi connectivity index (χ4v) is 1.29. The van der Waals surface area contributed by atoms with E-state index in [1.54, 1.807) is 0 Å². The number of carbonyl (C=O) groups is 1. The Labute approximate surface area is 100 Å². The number of carbonyl (C=O) groups excluding carboxylic acids is 1. The summed E-state index contributed by atoms with van der Waals surface area (Å²) in [5.41, 5.74) is 0.557. The van der Waals surface area contributed by atoms with Crippen LogP contribution in [-0.4, -0.2) is 32.2 Å². The third-order valence-electron chi connectivity index (χ3n) is 2.12. The topological polar surface area (TPSA) is 50.4 Å². The maximum absolute atomic E-state index is 12.6. The van der Waals surface area contributed by atoms with Crippen LogP contribution in [0, 0.1) is 5.82 Å². The van der Waals surface area contributed by atoms with Crippen LogP contribution in [0.25, 0.3) is 0 Å². The number of ether oxygens (including phenoxy) is 1. The monoisotopic (exact) mass is 240 g/mol. The van der Waals surface area contributed by atoms with Crippen LogP contribution in [-0.2, 0) is 9.53 Å². The molecule has 94 valence electrons. The summed E-state index contributed by atoms with van der Waals surface area (Å²) in [6.45, 7) is 2.55. The van der Waals surface area contributed by atoms with Crippen molar-refractivity contribution < 1.29 is 13.9 Å². The molecule has 1 unspecified atom stereocenters. The normalized spacial score (nSPS) is 12.2. The summed E-state index contributed by atoms with van der Waals surface area (Å²) in [7, 11) is 1.82. The zero-order chi connectivity index (χ0) is 12.7. The van der Waals surface area contributed by atoms with Crippen molar-refractivity contribution in [2.45, 2.75) is 13.0 Å². The molecule has 0 aromatic heterocycles. The van der Waals surface area contributed by atoms with Crippen LogP contribution >= 0.6 is 0 Å². The van der Waals surface area contributed by atoms with Gasteiger partial charge in [-0.05, 0) is 38.2 Å². The highest BCUT2D eigenvalue weighted by molar-refractivity contribution is 5.91. The largest absolute Gasteiger partial charge is 0.367 e. The number of anilines is 1. The maximum atomic E-state index is 12.6. The molecule has 0 aliphatic heterocycles. The smallest absolute Gasteiger partial charge is 0.250 e. The van der Waals surface area contributed by atoms with E-state index in [4.69, 9.17) is 4.74 Å².